The zero-order chi connectivity index (χ0) is 25.4. The first-order valence-corrected chi connectivity index (χ1v) is 12.9. The number of nitrogens with zero attached hydrogens (tertiary/aromatic N) is 2. The van der Waals surface area contributed by atoms with Crippen molar-refractivity contribution in [2.24, 2.45) is 0 Å². The van der Waals surface area contributed by atoms with Crippen molar-refractivity contribution < 1.29 is 19.1 Å². The molecule has 3 rings (SSSR count). The molecule has 0 unspecified atom stereocenters. The Morgan fingerprint density at radius 2 is 1.77 bits per heavy atom. The van der Waals surface area contributed by atoms with Crippen molar-refractivity contribution in [3.8, 4) is 0 Å². The number of benzene rings is 1. The van der Waals surface area contributed by atoms with Crippen LogP contribution >= 0.6 is 11.3 Å². The second kappa shape index (κ2) is 12.5. The summed E-state index contributed by atoms with van der Waals surface area (Å²) in [6.07, 6.45) is 5.63. The third-order valence-electron chi connectivity index (χ3n) is 5.19. The van der Waals surface area contributed by atoms with Gasteiger partial charge in [0.25, 0.3) is 0 Å². The number of carbonyl (C=O) groups is 2. The molecule has 2 aromatic heterocycles. The van der Waals surface area contributed by atoms with E-state index in [1.54, 1.807) is 23.5 Å². The third kappa shape index (κ3) is 7.65. The van der Waals surface area contributed by atoms with E-state index in [0.717, 1.165) is 34.8 Å². The van der Waals surface area contributed by atoms with Crippen LogP contribution in [-0.4, -0.2) is 33.7 Å². The van der Waals surface area contributed by atoms with Gasteiger partial charge >= 0.3 is 11.9 Å². The molecule has 2 heterocycles. The summed E-state index contributed by atoms with van der Waals surface area (Å²) in [7, 11) is 0. The number of thiophene rings is 1. The molecule has 6 nitrogen and oxygen atoms in total. The highest BCUT2D eigenvalue weighted by Crippen LogP contribution is 2.21. The van der Waals surface area contributed by atoms with Crippen molar-refractivity contribution >= 4 is 29.4 Å². The molecule has 186 valence electrons. The number of hydrogen-bond acceptors (Lipinski definition) is 6. The molecule has 0 radical (unpaired) electrons. The van der Waals surface area contributed by atoms with Crippen molar-refractivity contribution in [3.05, 3.63) is 81.1 Å². The first-order chi connectivity index (χ1) is 16.8. The van der Waals surface area contributed by atoms with Gasteiger partial charge in [-0.05, 0) is 69.3 Å². The first kappa shape index (κ1) is 26.4. The van der Waals surface area contributed by atoms with Crippen molar-refractivity contribution in [1.29, 1.82) is 0 Å². The van der Waals surface area contributed by atoms with Gasteiger partial charge in [0.15, 0.2) is 0 Å². The van der Waals surface area contributed by atoms with E-state index in [0.29, 0.717) is 24.1 Å². The smallest absolute Gasteiger partial charge is 0.338 e. The van der Waals surface area contributed by atoms with E-state index in [4.69, 9.17) is 9.47 Å². The molecule has 0 fully saturated rings. The van der Waals surface area contributed by atoms with Gasteiger partial charge in [-0.2, -0.15) is 0 Å². The standard InChI is InChI=1S/C28H34N2O4S/c1-6-8-26-29-17-24(15-23(28(32)34-20(4)5)16-25-9-7-14-35-25)30(26)18-21-10-12-22(13-11-21)27(31)33-19(2)3/h7,9-15,17,19-20H,6,8,16,18H2,1-5H3/b23-15+. The lowest BCUT2D eigenvalue weighted by molar-refractivity contribution is -0.142. The van der Waals surface area contributed by atoms with Crippen molar-refractivity contribution in [2.75, 3.05) is 0 Å². The number of aryl methyl sites for hydroxylation is 1. The van der Waals surface area contributed by atoms with Gasteiger partial charge in [-0.25, -0.2) is 14.6 Å². The summed E-state index contributed by atoms with van der Waals surface area (Å²) in [6.45, 7) is 10.1. The Hall–Kier alpha value is -3.19. The van der Waals surface area contributed by atoms with E-state index in [2.05, 4.69) is 16.5 Å². The van der Waals surface area contributed by atoms with Crippen LogP contribution in [0, 0.1) is 0 Å². The van der Waals surface area contributed by atoms with Crippen LogP contribution < -0.4 is 0 Å². The maximum Gasteiger partial charge on any atom is 0.338 e. The summed E-state index contributed by atoms with van der Waals surface area (Å²) >= 11 is 1.62. The second-order valence-electron chi connectivity index (χ2n) is 8.97. The van der Waals surface area contributed by atoms with Crippen LogP contribution in [0.2, 0.25) is 0 Å². The molecule has 35 heavy (non-hydrogen) atoms. The van der Waals surface area contributed by atoms with Gasteiger partial charge in [0, 0.05) is 29.8 Å². The topological polar surface area (TPSA) is 70.4 Å². The minimum atomic E-state index is -0.327. The summed E-state index contributed by atoms with van der Waals surface area (Å²) in [5.41, 5.74) is 3.00. The number of hydrogen-bond donors (Lipinski definition) is 0. The van der Waals surface area contributed by atoms with Crippen LogP contribution in [0.3, 0.4) is 0 Å². The monoisotopic (exact) mass is 494 g/mol. The van der Waals surface area contributed by atoms with E-state index in [9.17, 15) is 9.59 Å². The Bertz CT molecular complexity index is 1140. The van der Waals surface area contributed by atoms with E-state index >= 15 is 0 Å². The fraction of sp³-hybridized carbons (Fsp3) is 0.393. The minimum absolute atomic E-state index is 0.162. The normalized spacial score (nSPS) is 11.8. The Morgan fingerprint density at radius 1 is 1.06 bits per heavy atom. The third-order valence-corrected chi connectivity index (χ3v) is 6.06. The van der Waals surface area contributed by atoms with Gasteiger partial charge in [-0.3, -0.25) is 0 Å². The summed E-state index contributed by atoms with van der Waals surface area (Å²) in [5, 5.41) is 2.00. The van der Waals surface area contributed by atoms with E-state index < -0.39 is 0 Å². The average molecular weight is 495 g/mol. The van der Waals surface area contributed by atoms with E-state index in [1.807, 2.05) is 69.6 Å². The summed E-state index contributed by atoms with van der Waals surface area (Å²) in [4.78, 5) is 30.8. The number of esters is 2. The Kier molecular flexibility index (Phi) is 9.43. The van der Waals surface area contributed by atoms with E-state index in [-0.39, 0.29) is 24.1 Å². The predicted octanol–water partition coefficient (Wildman–Crippen LogP) is 6.09. The molecule has 0 aliphatic rings. The lowest BCUT2D eigenvalue weighted by Crippen LogP contribution is -2.15. The van der Waals surface area contributed by atoms with E-state index in [1.165, 1.54) is 0 Å². The zero-order valence-electron chi connectivity index (χ0n) is 21.1. The van der Waals surface area contributed by atoms with Gasteiger partial charge in [-0.1, -0.05) is 25.1 Å². The Balaban J connectivity index is 1.92. The molecule has 0 spiro atoms. The highest BCUT2D eigenvalue weighted by Gasteiger charge is 2.17. The SMILES string of the molecule is CCCc1ncc(/C=C(\Cc2cccs2)C(=O)OC(C)C)n1Cc1ccc(C(=O)OC(C)C)cc1. The summed E-state index contributed by atoms with van der Waals surface area (Å²) in [5.74, 6) is 0.312. The van der Waals surface area contributed by atoms with Crippen LogP contribution in [0.1, 0.15) is 73.4 Å². The molecule has 0 saturated carbocycles. The largest absolute Gasteiger partial charge is 0.460 e. The first-order valence-electron chi connectivity index (χ1n) is 12.0. The summed E-state index contributed by atoms with van der Waals surface area (Å²) in [6, 6.07) is 11.4. The Morgan fingerprint density at radius 3 is 2.37 bits per heavy atom. The Labute approximate surface area is 211 Å². The van der Waals surface area contributed by atoms with Crippen molar-refractivity contribution in [3.63, 3.8) is 0 Å². The number of aromatic nitrogens is 2. The molecule has 3 aromatic rings. The van der Waals surface area contributed by atoms with Crippen LogP contribution in [-0.2, 0) is 33.7 Å². The fourth-order valence-electron chi connectivity index (χ4n) is 3.61. The van der Waals surface area contributed by atoms with Crippen molar-refractivity contribution in [1.82, 2.24) is 9.55 Å². The molecule has 7 heteroatoms. The quantitative estimate of drug-likeness (QED) is 0.238. The molecule has 0 amide bonds. The molecule has 0 saturated heterocycles. The number of rotatable bonds is 11. The fourth-order valence-corrected chi connectivity index (χ4v) is 4.34. The average Bonchev–Trinajstić information content (AvgIpc) is 3.44. The lowest BCUT2D eigenvalue weighted by atomic mass is 10.1. The maximum atomic E-state index is 12.9. The molecule has 0 atom stereocenters. The molecule has 0 N–H and O–H groups in total. The highest BCUT2D eigenvalue weighted by atomic mass is 32.1. The van der Waals surface area contributed by atoms with Gasteiger partial charge in [0.05, 0.1) is 29.7 Å². The van der Waals surface area contributed by atoms with Gasteiger partial charge < -0.3 is 14.0 Å². The van der Waals surface area contributed by atoms with Gasteiger partial charge in [0.2, 0.25) is 0 Å². The number of ether oxygens (including phenoxy) is 2. The molecule has 0 aliphatic carbocycles. The zero-order valence-corrected chi connectivity index (χ0v) is 21.9. The maximum absolute atomic E-state index is 12.9. The predicted molar refractivity (Wildman–Crippen MR) is 140 cm³/mol. The minimum Gasteiger partial charge on any atom is -0.460 e. The number of imidazole rings is 1. The van der Waals surface area contributed by atoms with Crippen LogP contribution in [0.4, 0.5) is 0 Å². The summed E-state index contributed by atoms with van der Waals surface area (Å²) < 4.78 is 12.9. The van der Waals surface area contributed by atoms with Crippen molar-refractivity contribution in [2.45, 2.75) is 72.6 Å². The molecule has 0 bridgehead atoms. The van der Waals surface area contributed by atoms with Gasteiger partial charge in [-0.15, -0.1) is 11.3 Å². The van der Waals surface area contributed by atoms with Crippen LogP contribution in [0.15, 0.2) is 53.5 Å². The molecular weight excluding hydrogens is 460 g/mol. The number of carbonyl (C=O) groups excluding carboxylic acids is 2. The second-order valence-corrected chi connectivity index (χ2v) is 10.00. The van der Waals surface area contributed by atoms with Crippen LogP contribution in [0.5, 0.6) is 0 Å². The molecular formula is C28H34N2O4S. The lowest BCUT2D eigenvalue weighted by Gasteiger charge is -2.14. The highest BCUT2D eigenvalue weighted by molar-refractivity contribution is 7.09. The van der Waals surface area contributed by atoms with Gasteiger partial charge in [0.1, 0.15) is 5.82 Å². The van der Waals surface area contributed by atoms with Crippen LogP contribution in [0.25, 0.3) is 6.08 Å². The molecule has 0 aliphatic heterocycles. The molecule has 1 aromatic carbocycles.